The molecule has 0 N–H and O–H groups in total. The molecule has 2 heteroatoms. The number of benzene rings is 2. The maximum Gasteiger partial charge on any atom is 0.160 e. The molecule has 2 nitrogen and oxygen atoms in total. The Morgan fingerprint density at radius 1 is 1.00 bits per heavy atom. The summed E-state index contributed by atoms with van der Waals surface area (Å²) in [4.78, 5) is 16.6. The minimum Gasteiger partial charge on any atom is -0.294 e. The number of fused-ring (bicyclic) bond motifs is 1. The van der Waals surface area contributed by atoms with Crippen LogP contribution in [-0.4, -0.2) is 10.8 Å². The number of aromatic nitrogens is 1. The Morgan fingerprint density at radius 2 is 1.71 bits per heavy atom. The highest BCUT2D eigenvalue weighted by Gasteiger charge is 2.11. The normalized spacial score (nSPS) is 10.8. The number of carbonyl (C=O) groups is 1. The van der Waals surface area contributed by atoms with Crippen molar-refractivity contribution in [3.8, 4) is 11.1 Å². The lowest BCUT2D eigenvalue weighted by Gasteiger charge is -2.11. The summed E-state index contributed by atoms with van der Waals surface area (Å²) in [7, 11) is 0. The summed E-state index contributed by atoms with van der Waals surface area (Å²) in [6.07, 6.45) is 0. The van der Waals surface area contributed by atoms with Gasteiger partial charge in [-0.25, -0.2) is 0 Å². The Hall–Kier alpha value is -2.48. The van der Waals surface area contributed by atoms with Gasteiger partial charge in [-0.1, -0.05) is 30.3 Å². The molecule has 0 aliphatic carbocycles. The number of Topliss-reactive ketones (excluding diaryl/α,β-unsaturated/α-hetero) is 1. The fourth-order valence-electron chi connectivity index (χ4n) is 2.71. The van der Waals surface area contributed by atoms with Gasteiger partial charge in [0.1, 0.15) is 0 Å². The molecule has 104 valence electrons. The van der Waals surface area contributed by atoms with E-state index in [1.807, 2.05) is 44.2 Å². The Kier molecular flexibility index (Phi) is 3.30. The lowest BCUT2D eigenvalue weighted by atomic mass is 9.97. The van der Waals surface area contributed by atoms with Gasteiger partial charge in [-0.2, -0.15) is 0 Å². The summed E-state index contributed by atoms with van der Waals surface area (Å²) in [5, 5.41) is 0.928. The maximum absolute atomic E-state index is 11.9. The molecule has 3 aromatic rings. The van der Waals surface area contributed by atoms with Gasteiger partial charge >= 0.3 is 0 Å². The molecule has 0 aliphatic heterocycles. The number of carbonyl (C=O) groups excluding carboxylic acids is 1. The van der Waals surface area contributed by atoms with E-state index < -0.39 is 0 Å². The van der Waals surface area contributed by atoms with Crippen LogP contribution in [0.5, 0.6) is 0 Å². The highest BCUT2D eigenvalue weighted by atomic mass is 16.1. The van der Waals surface area contributed by atoms with E-state index in [2.05, 4.69) is 18.2 Å². The number of ketones is 1. The Bertz CT molecular complexity index is 835. The van der Waals surface area contributed by atoms with Crippen LogP contribution in [0.3, 0.4) is 0 Å². The summed E-state index contributed by atoms with van der Waals surface area (Å²) in [6.45, 7) is 5.61. The van der Waals surface area contributed by atoms with Gasteiger partial charge in [0.05, 0.1) is 5.52 Å². The second-order valence-electron chi connectivity index (χ2n) is 5.42. The molecule has 2 aromatic carbocycles. The van der Waals surface area contributed by atoms with E-state index in [9.17, 15) is 4.79 Å². The van der Waals surface area contributed by atoms with Crippen LogP contribution in [0.15, 0.2) is 48.5 Å². The molecule has 0 spiro atoms. The zero-order chi connectivity index (χ0) is 15.0. The first-order chi connectivity index (χ1) is 10.1. The van der Waals surface area contributed by atoms with Crippen LogP contribution in [0.25, 0.3) is 22.0 Å². The molecule has 0 saturated carbocycles. The van der Waals surface area contributed by atoms with E-state index in [-0.39, 0.29) is 5.78 Å². The molecular formula is C19H17NO. The molecule has 3 rings (SSSR count). The number of rotatable bonds is 2. The van der Waals surface area contributed by atoms with Crippen LogP contribution in [0.4, 0.5) is 0 Å². The molecule has 0 saturated heterocycles. The van der Waals surface area contributed by atoms with Crippen molar-refractivity contribution in [1.29, 1.82) is 0 Å². The lowest BCUT2D eigenvalue weighted by molar-refractivity contribution is 0.101. The summed E-state index contributed by atoms with van der Waals surface area (Å²) < 4.78 is 0. The van der Waals surface area contributed by atoms with Gasteiger partial charge in [-0.15, -0.1) is 0 Å². The second-order valence-corrected chi connectivity index (χ2v) is 5.42. The van der Waals surface area contributed by atoms with E-state index >= 15 is 0 Å². The van der Waals surface area contributed by atoms with Crippen molar-refractivity contribution in [2.24, 2.45) is 0 Å². The molecule has 0 bridgehead atoms. The van der Waals surface area contributed by atoms with E-state index in [4.69, 9.17) is 4.98 Å². The fourth-order valence-corrected chi connectivity index (χ4v) is 2.71. The first-order valence-corrected chi connectivity index (χ1v) is 7.04. The standard InChI is InChI=1S/C19H17NO/c1-12-9-17(14(3)21)18-11-16(13(2)20-19(18)10-12)15-7-5-4-6-8-15/h4-11H,1-3H3. The molecule has 0 fully saturated rings. The zero-order valence-corrected chi connectivity index (χ0v) is 12.5. The van der Waals surface area contributed by atoms with Gasteiger partial charge < -0.3 is 0 Å². The quantitative estimate of drug-likeness (QED) is 0.633. The van der Waals surface area contributed by atoms with Gasteiger partial charge in [0.25, 0.3) is 0 Å². The minimum absolute atomic E-state index is 0.0772. The Morgan fingerprint density at radius 3 is 2.38 bits per heavy atom. The van der Waals surface area contributed by atoms with Gasteiger partial charge in [-0.3, -0.25) is 9.78 Å². The first-order valence-electron chi connectivity index (χ1n) is 7.04. The summed E-state index contributed by atoms with van der Waals surface area (Å²) in [5.74, 6) is 0.0772. The van der Waals surface area contributed by atoms with Crippen molar-refractivity contribution in [2.45, 2.75) is 20.8 Å². The Balaban J connectivity index is 2.35. The van der Waals surface area contributed by atoms with Crippen LogP contribution in [0, 0.1) is 13.8 Å². The van der Waals surface area contributed by atoms with Crippen molar-refractivity contribution < 1.29 is 4.79 Å². The lowest BCUT2D eigenvalue weighted by Crippen LogP contribution is -1.98. The van der Waals surface area contributed by atoms with Crippen molar-refractivity contribution in [3.05, 3.63) is 65.4 Å². The first kappa shape index (κ1) is 13.5. The van der Waals surface area contributed by atoms with Gasteiger partial charge in [0.2, 0.25) is 0 Å². The zero-order valence-electron chi connectivity index (χ0n) is 12.5. The van der Waals surface area contributed by atoms with Gasteiger partial charge in [-0.05, 0) is 50.1 Å². The van der Waals surface area contributed by atoms with E-state index in [1.165, 1.54) is 0 Å². The van der Waals surface area contributed by atoms with Crippen molar-refractivity contribution in [1.82, 2.24) is 4.98 Å². The largest absolute Gasteiger partial charge is 0.294 e. The number of aryl methyl sites for hydroxylation is 2. The van der Waals surface area contributed by atoms with Crippen molar-refractivity contribution in [3.63, 3.8) is 0 Å². The number of pyridine rings is 1. The number of nitrogens with zero attached hydrogens (tertiary/aromatic N) is 1. The average Bonchev–Trinajstić information content (AvgIpc) is 2.46. The Labute approximate surface area is 124 Å². The summed E-state index contributed by atoms with van der Waals surface area (Å²) in [5.41, 5.74) is 5.88. The van der Waals surface area contributed by atoms with Crippen LogP contribution in [-0.2, 0) is 0 Å². The molecular weight excluding hydrogens is 258 g/mol. The molecule has 1 heterocycles. The van der Waals surface area contributed by atoms with Crippen LogP contribution in [0.1, 0.15) is 28.5 Å². The molecule has 0 amide bonds. The van der Waals surface area contributed by atoms with Gasteiger partial charge in [0.15, 0.2) is 5.78 Å². The molecule has 1 aromatic heterocycles. The fraction of sp³-hybridized carbons (Fsp3) is 0.158. The second kappa shape index (κ2) is 5.13. The molecule has 0 aliphatic rings. The molecule has 0 unspecified atom stereocenters. The van der Waals surface area contributed by atoms with Crippen molar-refractivity contribution >= 4 is 16.7 Å². The monoisotopic (exact) mass is 275 g/mol. The van der Waals surface area contributed by atoms with Crippen LogP contribution >= 0.6 is 0 Å². The predicted octanol–water partition coefficient (Wildman–Crippen LogP) is 4.72. The summed E-state index contributed by atoms with van der Waals surface area (Å²) >= 11 is 0. The van der Waals surface area contributed by atoms with Crippen molar-refractivity contribution in [2.75, 3.05) is 0 Å². The van der Waals surface area contributed by atoms with E-state index in [0.29, 0.717) is 0 Å². The van der Waals surface area contributed by atoms with E-state index in [1.54, 1.807) is 6.92 Å². The molecule has 0 radical (unpaired) electrons. The predicted molar refractivity (Wildman–Crippen MR) is 86.7 cm³/mol. The smallest absolute Gasteiger partial charge is 0.160 e. The van der Waals surface area contributed by atoms with Crippen LogP contribution in [0.2, 0.25) is 0 Å². The SMILES string of the molecule is CC(=O)c1cc(C)cc2nc(C)c(-c3ccccc3)cc12. The summed E-state index contributed by atoms with van der Waals surface area (Å²) in [6, 6.07) is 16.2. The maximum atomic E-state index is 11.9. The van der Waals surface area contributed by atoms with Gasteiger partial charge in [0, 0.05) is 22.2 Å². The van der Waals surface area contributed by atoms with Crippen LogP contribution < -0.4 is 0 Å². The minimum atomic E-state index is 0.0772. The number of hydrogen-bond donors (Lipinski definition) is 0. The molecule has 0 atom stereocenters. The topological polar surface area (TPSA) is 30.0 Å². The highest BCUT2D eigenvalue weighted by molar-refractivity contribution is 6.07. The number of hydrogen-bond acceptors (Lipinski definition) is 2. The average molecular weight is 275 g/mol. The highest BCUT2D eigenvalue weighted by Crippen LogP contribution is 2.29. The molecule has 21 heavy (non-hydrogen) atoms. The third-order valence-electron chi connectivity index (χ3n) is 3.73. The third kappa shape index (κ3) is 2.45. The third-order valence-corrected chi connectivity index (χ3v) is 3.73. The van der Waals surface area contributed by atoms with E-state index in [0.717, 1.165) is 38.9 Å².